The fourth-order valence-electron chi connectivity index (χ4n) is 2.32. The summed E-state index contributed by atoms with van der Waals surface area (Å²) < 4.78 is 6.00. The topological polar surface area (TPSA) is 49.9 Å². The van der Waals surface area contributed by atoms with Crippen molar-refractivity contribution < 1.29 is 4.74 Å². The quantitative estimate of drug-likeness (QED) is 0.784. The predicted octanol–water partition coefficient (Wildman–Crippen LogP) is 2.17. The van der Waals surface area contributed by atoms with E-state index < -0.39 is 0 Å². The molecule has 1 aromatic heterocycles. The number of H-pyrrole nitrogens is 1. The average molecular weight is 209 g/mol. The number of hydrogen-bond donors (Lipinski definition) is 2. The number of nitrogens with zero attached hydrogens (tertiary/aromatic N) is 1. The maximum absolute atomic E-state index is 6.00. The van der Waals surface area contributed by atoms with Gasteiger partial charge in [0.15, 0.2) is 0 Å². The summed E-state index contributed by atoms with van der Waals surface area (Å²) in [5.41, 5.74) is 0.834. The highest BCUT2D eigenvalue weighted by Gasteiger charge is 2.45. The van der Waals surface area contributed by atoms with Crippen molar-refractivity contribution in [3.05, 3.63) is 12.4 Å². The van der Waals surface area contributed by atoms with Crippen LogP contribution >= 0.6 is 0 Å². The normalized spacial score (nSPS) is 27.9. The van der Waals surface area contributed by atoms with E-state index in [-0.39, 0.29) is 11.2 Å². The van der Waals surface area contributed by atoms with E-state index in [1.807, 2.05) is 6.20 Å². The van der Waals surface area contributed by atoms with Crippen molar-refractivity contribution in [3.8, 4) is 0 Å². The lowest BCUT2D eigenvalue weighted by Gasteiger charge is -2.27. The van der Waals surface area contributed by atoms with Crippen LogP contribution < -0.4 is 5.32 Å². The summed E-state index contributed by atoms with van der Waals surface area (Å²) in [7, 11) is 0. The van der Waals surface area contributed by atoms with Crippen LogP contribution in [0, 0.1) is 0 Å². The van der Waals surface area contributed by atoms with Crippen molar-refractivity contribution in [2.24, 2.45) is 0 Å². The molecule has 0 bridgehead atoms. The van der Waals surface area contributed by atoms with Gasteiger partial charge in [0.1, 0.15) is 0 Å². The van der Waals surface area contributed by atoms with Crippen molar-refractivity contribution in [2.45, 2.75) is 51.4 Å². The summed E-state index contributed by atoms with van der Waals surface area (Å²) in [5, 5.41) is 10.2. The van der Waals surface area contributed by atoms with Crippen LogP contribution in [0.15, 0.2) is 12.4 Å². The summed E-state index contributed by atoms with van der Waals surface area (Å²) in [4.78, 5) is 0. The van der Waals surface area contributed by atoms with Crippen molar-refractivity contribution in [1.82, 2.24) is 10.2 Å². The van der Waals surface area contributed by atoms with E-state index in [4.69, 9.17) is 4.74 Å². The molecule has 1 aliphatic rings. The molecule has 0 amide bonds. The second-order valence-electron chi connectivity index (χ2n) is 5.35. The van der Waals surface area contributed by atoms with E-state index in [9.17, 15) is 0 Å². The van der Waals surface area contributed by atoms with Crippen LogP contribution in [0.2, 0.25) is 0 Å². The average Bonchev–Trinajstić information content (AvgIpc) is 2.58. The van der Waals surface area contributed by atoms with Crippen molar-refractivity contribution >= 4 is 5.69 Å². The lowest BCUT2D eigenvalue weighted by atomic mass is 9.94. The molecule has 15 heavy (non-hydrogen) atoms. The molecule has 4 heteroatoms. The molecule has 0 aliphatic carbocycles. The van der Waals surface area contributed by atoms with Gasteiger partial charge in [0.2, 0.25) is 0 Å². The van der Waals surface area contributed by atoms with Crippen molar-refractivity contribution in [1.29, 1.82) is 0 Å². The molecule has 4 nitrogen and oxygen atoms in total. The van der Waals surface area contributed by atoms with Gasteiger partial charge in [0.05, 0.1) is 29.1 Å². The highest BCUT2D eigenvalue weighted by molar-refractivity contribution is 5.40. The van der Waals surface area contributed by atoms with Gasteiger partial charge in [-0.15, -0.1) is 0 Å². The van der Waals surface area contributed by atoms with Crippen LogP contribution in [0.5, 0.6) is 0 Å². The Labute approximate surface area is 90.4 Å². The van der Waals surface area contributed by atoms with E-state index in [0.717, 1.165) is 12.1 Å². The molecule has 1 atom stereocenters. The molecule has 2 N–H and O–H groups in total. The van der Waals surface area contributed by atoms with E-state index in [2.05, 4.69) is 43.2 Å². The molecule has 1 fully saturated rings. The molecule has 0 spiro atoms. The van der Waals surface area contributed by atoms with Gasteiger partial charge < -0.3 is 10.1 Å². The first-order chi connectivity index (χ1) is 6.89. The van der Waals surface area contributed by atoms with Gasteiger partial charge in [-0.1, -0.05) is 0 Å². The smallest absolute Gasteiger partial charge is 0.0834 e. The Bertz CT molecular complexity index is 330. The highest BCUT2D eigenvalue weighted by atomic mass is 16.5. The number of rotatable bonds is 2. The zero-order valence-corrected chi connectivity index (χ0v) is 9.79. The molecule has 1 unspecified atom stereocenters. The van der Waals surface area contributed by atoms with Crippen LogP contribution in [-0.4, -0.2) is 27.4 Å². The minimum absolute atomic E-state index is 0.0507. The van der Waals surface area contributed by atoms with Gasteiger partial charge in [0.25, 0.3) is 0 Å². The third-order valence-electron chi connectivity index (χ3n) is 2.91. The van der Waals surface area contributed by atoms with Gasteiger partial charge in [-0.2, -0.15) is 5.10 Å². The SMILES string of the molecule is CC1(C)CC(Nc2cn[nH]c2)C(C)(C)O1. The first-order valence-electron chi connectivity index (χ1n) is 5.35. The molecule has 0 saturated carbocycles. The molecule has 1 aliphatic heterocycles. The summed E-state index contributed by atoms with van der Waals surface area (Å²) in [5.74, 6) is 0. The molecule has 2 heterocycles. The Morgan fingerprint density at radius 1 is 1.47 bits per heavy atom. The minimum Gasteiger partial charge on any atom is -0.377 e. The Kier molecular flexibility index (Phi) is 2.26. The summed E-state index contributed by atoms with van der Waals surface area (Å²) in [6.07, 6.45) is 4.66. The lowest BCUT2D eigenvalue weighted by Crippen LogP contribution is -2.38. The van der Waals surface area contributed by atoms with Gasteiger partial charge in [-0.05, 0) is 34.1 Å². The molecule has 2 rings (SSSR count). The summed E-state index contributed by atoms with van der Waals surface area (Å²) in [6, 6.07) is 0.324. The molecule has 1 aromatic rings. The number of nitrogens with one attached hydrogen (secondary N) is 2. The number of aromatic amines is 1. The molecular formula is C11H19N3O. The summed E-state index contributed by atoms with van der Waals surface area (Å²) in [6.45, 7) is 8.51. The lowest BCUT2D eigenvalue weighted by molar-refractivity contribution is -0.0662. The Morgan fingerprint density at radius 3 is 2.67 bits per heavy atom. The van der Waals surface area contributed by atoms with Gasteiger partial charge in [-0.3, -0.25) is 5.10 Å². The van der Waals surface area contributed by atoms with Crippen LogP contribution in [0.25, 0.3) is 0 Å². The molecule has 0 aromatic carbocycles. The van der Waals surface area contributed by atoms with Gasteiger partial charge in [-0.25, -0.2) is 0 Å². The first kappa shape index (κ1) is 10.5. The van der Waals surface area contributed by atoms with Crippen molar-refractivity contribution in [2.75, 3.05) is 5.32 Å². The van der Waals surface area contributed by atoms with Crippen LogP contribution in [0.3, 0.4) is 0 Å². The fraction of sp³-hybridized carbons (Fsp3) is 0.727. The van der Waals surface area contributed by atoms with E-state index >= 15 is 0 Å². The largest absolute Gasteiger partial charge is 0.377 e. The maximum atomic E-state index is 6.00. The van der Waals surface area contributed by atoms with Crippen molar-refractivity contribution in [3.63, 3.8) is 0 Å². The van der Waals surface area contributed by atoms with Crippen LogP contribution in [0.4, 0.5) is 5.69 Å². The second kappa shape index (κ2) is 3.23. The maximum Gasteiger partial charge on any atom is 0.0834 e. The van der Waals surface area contributed by atoms with Gasteiger partial charge in [0, 0.05) is 6.20 Å². The third-order valence-corrected chi connectivity index (χ3v) is 2.91. The first-order valence-corrected chi connectivity index (χ1v) is 5.35. The Balaban J connectivity index is 2.10. The van der Waals surface area contributed by atoms with Crippen LogP contribution in [0.1, 0.15) is 34.1 Å². The molecule has 1 saturated heterocycles. The number of aromatic nitrogens is 2. The zero-order valence-electron chi connectivity index (χ0n) is 9.79. The predicted molar refractivity (Wildman–Crippen MR) is 59.9 cm³/mol. The number of anilines is 1. The molecule has 84 valence electrons. The summed E-state index contributed by atoms with van der Waals surface area (Å²) >= 11 is 0. The zero-order chi connectivity index (χ0) is 11.1. The van der Waals surface area contributed by atoms with Gasteiger partial charge >= 0.3 is 0 Å². The number of hydrogen-bond acceptors (Lipinski definition) is 3. The van der Waals surface area contributed by atoms with E-state index in [1.54, 1.807) is 6.20 Å². The van der Waals surface area contributed by atoms with E-state index in [1.165, 1.54) is 0 Å². The molecular weight excluding hydrogens is 190 g/mol. The Hall–Kier alpha value is -1.03. The second-order valence-corrected chi connectivity index (χ2v) is 5.35. The number of ether oxygens (including phenoxy) is 1. The van der Waals surface area contributed by atoms with E-state index in [0.29, 0.717) is 6.04 Å². The standard InChI is InChI=1S/C11H19N3O/c1-10(2)5-9(11(3,4)15-10)14-8-6-12-13-7-8/h6-7,9,14H,5H2,1-4H3,(H,12,13). The third kappa shape index (κ3) is 2.15. The van der Waals surface area contributed by atoms with Crippen LogP contribution in [-0.2, 0) is 4.74 Å². The monoisotopic (exact) mass is 209 g/mol. The molecule has 0 radical (unpaired) electrons. The fourth-order valence-corrected chi connectivity index (χ4v) is 2.32. The highest BCUT2D eigenvalue weighted by Crippen LogP contribution is 2.38. The minimum atomic E-state index is -0.138. The Morgan fingerprint density at radius 2 is 2.20 bits per heavy atom.